The highest BCUT2D eigenvalue weighted by molar-refractivity contribution is 9.10. The summed E-state index contributed by atoms with van der Waals surface area (Å²) in [6.07, 6.45) is 3.48. The number of nitrogens with one attached hydrogen (secondary N) is 2. The molecule has 7 nitrogen and oxygen atoms in total. The summed E-state index contributed by atoms with van der Waals surface area (Å²) in [5.74, 6) is 0.203. The van der Waals surface area contributed by atoms with Gasteiger partial charge in [-0.25, -0.2) is 5.43 Å². The molecule has 0 saturated carbocycles. The number of benzene rings is 2. The quantitative estimate of drug-likeness (QED) is 0.204. The molecule has 34 heavy (non-hydrogen) atoms. The Hall–Kier alpha value is -2.58. The van der Waals surface area contributed by atoms with Gasteiger partial charge < -0.3 is 14.8 Å². The Labute approximate surface area is 214 Å². The lowest BCUT2D eigenvalue weighted by molar-refractivity contribution is -0.123. The van der Waals surface area contributed by atoms with Gasteiger partial charge in [0, 0.05) is 0 Å². The van der Waals surface area contributed by atoms with E-state index in [0.717, 1.165) is 17.3 Å². The van der Waals surface area contributed by atoms with E-state index in [1.54, 1.807) is 30.3 Å². The molecule has 0 fully saturated rings. The van der Waals surface area contributed by atoms with Crippen LogP contribution in [0.4, 0.5) is 0 Å². The predicted octanol–water partition coefficient (Wildman–Crippen LogP) is 5.58. The fourth-order valence-corrected chi connectivity index (χ4v) is 3.82. The zero-order valence-electron chi connectivity index (χ0n) is 19.9. The molecular formula is C25H31BrClN3O4. The first-order valence-corrected chi connectivity index (χ1v) is 12.4. The van der Waals surface area contributed by atoms with Crippen molar-refractivity contribution in [3.63, 3.8) is 0 Å². The normalized spacial score (nSPS) is 12.0. The van der Waals surface area contributed by atoms with Crippen molar-refractivity contribution in [2.45, 2.75) is 46.6 Å². The second kappa shape index (κ2) is 14.0. The second-order valence-corrected chi connectivity index (χ2v) is 9.14. The minimum Gasteiger partial charge on any atom is -0.490 e. The van der Waals surface area contributed by atoms with E-state index in [-0.39, 0.29) is 5.92 Å². The van der Waals surface area contributed by atoms with E-state index in [0.29, 0.717) is 40.9 Å². The lowest BCUT2D eigenvalue weighted by Gasteiger charge is -2.20. The molecule has 2 amide bonds. The van der Waals surface area contributed by atoms with Crippen molar-refractivity contribution in [3.8, 4) is 11.5 Å². The number of hydrogen-bond donors (Lipinski definition) is 2. The molecule has 2 rings (SSSR count). The number of ether oxygens (including phenoxy) is 2. The van der Waals surface area contributed by atoms with Gasteiger partial charge in [0.15, 0.2) is 11.5 Å². The summed E-state index contributed by atoms with van der Waals surface area (Å²) >= 11 is 9.63. The van der Waals surface area contributed by atoms with Crippen LogP contribution in [0.2, 0.25) is 5.02 Å². The second-order valence-electron chi connectivity index (χ2n) is 7.87. The number of carbonyl (C=O) groups is 2. The third-order valence-electron chi connectivity index (χ3n) is 4.82. The van der Waals surface area contributed by atoms with Gasteiger partial charge in [-0.15, -0.1) is 0 Å². The maximum atomic E-state index is 12.7. The highest BCUT2D eigenvalue weighted by Gasteiger charge is 2.25. The molecule has 0 aromatic heterocycles. The summed E-state index contributed by atoms with van der Waals surface area (Å²) < 4.78 is 12.3. The van der Waals surface area contributed by atoms with Crippen LogP contribution in [0.15, 0.2) is 46.0 Å². The molecule has 0 saturated heterocycles. The van der Waals surface area contributed by atoms with E-state index in [1.807, 2.05) is 26.8 Å². The van der Waals surface area contributed by atoms with E-state index in [2.05, 4.69) is 38.7 Å². The molecule has 2 aromatic carbocycles. The number of hydrogen-bond acceptors (Lipinski definition) is 5. The number of unbranched alkanes of at least 4 members (excludes halogenated alkanes) is 1. The van der Waals surface area contributed by atoms with E-state index in [1.165, 1.54) is 6.21 Å². The Morgan fingerprint density at radius 2 is 1.91 bits per heavy atom. The molecule has 1 atom stereocenters. The Balaban J connectivity index is 2.10. The number of amides is 2. The first kappa shape index (κ1) is 27.7. The van der Waals surface area contributed by atoms with Crippen molar-refractivity contribution < 1.29 is 19.1 Å². The predicted molar refractivity (Wildman–Crippen MR) is 139 cm³/mol. The molecule has 0 spiro atoms. The van der Waals surface area contributed by atoms with Crippen LogP contribution in [0.25, 0.3) is 0 Å². The fraction of sp³-hybridized carbons (Fsp3) is 0.400. The topological polar surface area (TPSA) is 89.0 Å². The lowest BCUT2D eigenvalue weighted by Crippen LogP contribution is -2.48. The molecular weight excluding hydrogens is 522 g/mol. The third-order valence-corrected chi connectivity index (χ3v) is 5.74. The van der Waals surface area contributed by atoms with E-state index < -0.39 is 17.9 Å². The Bertz CT molecular complexity index is 1010. The molecule has 0 heterocycles. The van der Waals surface area contributed by atoms with Gasteiger partial charge in [0.25, 0.3) is 11.8 Å². The van der Waals surface area contributed by atoms with Crippen LogP contribution in [0.1, 0.15) is 56.5 Å². The van der Waals surface area contributed by atoms with Crippen LogP contribution in [-0.4, -0.2) is 37.3 Å². The van der Waals surface area contributed by atoms with E-state index in [9.17, 15) is 9.59 Å². The minimum absolute atomic E-state index is 0.167. The van der Waals surface area contributed by atoms with Crippen molar-refractivity contribution in [2.24, 2.45) is 11.0 Å². The summed E-state index contributed by atoms with van der Waals surface area (Å²) in [5.41, 5.74) is 3.52. The molecule has 9 heteroatoms. The maximum Gasteiger partial charge on any atom is 0.262 e. The van der Waals surface area contributed by atoms with Gasteiger partial charge in [-0.2, -0.15) is 5.10 Å². The number of carbonyl (C=O) groups excluding carboxylic acids is 2. The van der Waals surface area contributed by atoms with Gasteiger partial charge in [-0.1, -0.05) is 50.9 Å². The van der Waals surface area contributed by atoms with E-state index >= 15 is 0 Å². The van der Waals surface area contributed by atoms with Gasteiger partial charge >= 0.3 is 0 Å². The summed E-state index contributed by atoms with van der Waals surface area (Å²) in [6, 6.07) is 9.52. The molecule has 184 valence electrons. The number of halogens is 2. The zero-order valence-corrected chi connectivity index (χ0v) is 22.2. The summed E-state index contributed by atoms with van der Waals surface area (Å²) in [7, 11) is 0. The van der Waals surface area contributed by atoms with Crippen molar-refractivity contribution in [3.05, 3.63) is 57.0 Å². The number of hydrazone groups is 1. The largest absolute Gasteiger partial charge is 0.490 e. The summed E-state index contributed by atoms with van der Waals surface area (Å²) in [4.78, 5) is 25.3. The van der Waals surface area contributed by atoms with Gasteiger partial charge in [-0.3, -0.25) is 9.59 Å². The third kappa shape index (κ3) is 8.02. The first-order valence-electron chi connectivity index (χ1n) is 11.3. The Kier molecular flexibility index (Phi) is 11.4. The van der Waals surface area contributed by atoms with Gasteiger partial charge in [0.1, 0.15) is 6.04 Å². The first-order chi connectivity index (χ1) is 16.3. The standard InChI is InChI=1S/C25H31BrClN3O4/c1-5-7-12-34-23-19(26)13-17(14-21(23)33-6-2)15-28-30-25(32)22(16(3)4)29-24(31)18-10-8-9-11-20(18)27/h8-11,13-16,22H,5-7,12H2,1-4H3,(H,29,31)(H,30,32). The van der Waals surface area contributed by atoms with Crippen LogP contribution in [0.5, 0.6) is 11.5 Å². The SMILES string of the molecule is CCCCOc1c(Br)cc(C=NNC(=O)C(NC(=O)c2ccccc2Cl)C(C)C)cc1OCC. The molecule has 0 aliphatic carbocycles. The molecule has 0 bridgehead atoms. The van der Waals surface area contributed by atoms with Crippen LogP contribution in [-0.2, 0) is 4.79 Å². The summed E-state index contributed by atoms with van der Waals surface area (Å²) in [6.45, 7) is 8.74. The molecule has 1 unspecified atom stereocenters. The van der Waals surface area contributed by atoms with Gasteiger partial charge in [0.05, 0.1) is 34.5 Å². The fourth-order valence-electron chi connectivity index (χ4n) is 3.02. The Morgan fingerprint density at radius 3 is 2.56 bits per heavy atom. The molecule has 2 aromatic rings. The van der Waals surface area contributed by atoms with Crippen molar-refractivity contribution in [1.29, 1.82) is 0 Å². The average Bonchev–Trinajstić information content (AvgIpc) is 2.79. The monoisotopic (exact) mass is 551 g/mol. The van der Waals surface area contributed by atoms with Crippen LogP contribution >= 0.6 is 27.5 Å². The van der Waals surface area contributed by atoms with Crippen LogP contribution in [0, 0.1) is 5.92 Å². The van der Waals surface area contributed by atoms with Crippen molar-refractivity contribution in [1.82, 2.24) is 10.7 Å². The van der Waals surface area contributed by atoms with Crippen molar-refractivity contribution in [2.75, 3.05) is 13.2 Å². The highest BCUT2D eigenvalue weighted by atomic mass is 79.9. The van der Waals surface area contributed by atoms with Gasteiger partial charge in [0.2, 0.25) is 0 Å². The highest BCUT2D eigenvalue weighted by Crippen LogP contribution is 2.36. The molecule has 2 N–H and O–H groups in total. The molecule has 0 aliphatic heterocycles. The van der Waals surface area contributed by atoms with Gasteiger partial charge in [-0.05, 0) is 65.0 Å². The number of nitrogens with zero attached hydrogens (tertiary/aromatic N) is 1. The Morgan fingerprint density at radius 1 is 1.18 bits per heavy atom. The average molecular weight is 553 g/mol. The summed E-state index contributed by atoms with van der Waals surface area (Å²) in [5, 5.41) is 7.12. The zero-order chi connectivity index (χ0) is 25.1. The smallest absolute Gasteiger partial charge is 0.262 e. The van der Waals surface area contributed by atoms with Crippen LogP contribution in [0.3, 0.4) is 0 Å². The lowest BCUT2D eigenvalue weighted by atomic mass is 10.0. The van der Waals surface area contributed by atoms with E-state index in [4.69, 9.17) is 21.1 Å². The van der Waals surface area contributed by atoms with Crippen LogP contribution < -0.4 is 20.2 Å². The minimum atomic E-state index is -0.791. The molecule has 0 radical (unpaired) electrons. The number of rotatable bonds is 12. The maximum absolute atomic E-state index is 12.7. The molecule has 0 aliphatic rings. The van der Waals surface area contributed by atoms with Crippen molar-refractivity contribution >= 4 is 45.6 Å².